The van der Waals surface area contributed by atoms with E-state index in [2.05, 4.69) is 18.0 Å². The van der Waals surface area contributed by atoms with Crippen LogP contribution in [0.2, 0.25) is 0 Å². The van der Waals surface area contributed by atoms with E-state index in [9.17, 15) is 15.5 Å². The molecule has 0 amide bonds. The normalized spacial score (nSPS) is 13.1. The Bertz CT molecular complexity index is 907. The van der Waals surface area contributed by atoms with E-state index in [-0.39, 0.29) is 17.4 Å². The average molecular weight is 427 g/mol. The highest BCUT2D eigenvalue weighted by atomic mass is 16.5. The van der Waals surface area contributed by atoms with Crippen LogP contribution in [0.1, 0.15) is 37.8 Å². The van der Waals surface area contributed by atoms with Gasteiger partial charge in [-0.2, -0.15) is 5.26 Å². The average Bonchev–Trinajstić information content (AvgIpc) is 2.76. The molecule has 1 unspecified atom stereocenters. The van der Waals surface area contributed by atoms with Crippen LogP contribution in [-0.4, -0.2) is 49.5 Å². The molecule has 0 aliphatic carbocycles. The number of nitriles is 1. The van der Waals surface area contributed by atoms with E-state index in [0.717, 1.165) is 37.1 Å². The first-order valence-corrected chi connectivity index (χ1v) is 10.6. The molecule has 2 N–H and O–H groups in total. The molecule has 0 radical (unpaired) electrons. The third kappa shape index (κ3) is 5.83. The third-order valence-electron chi connectivity index (χ3n) is 6.02. The van der Waals surface area contributed by atoms with Gasteiger partial charge in [0.2, 0.25) is 0 Å². The molecule has 0 aliphatic rings. The highest BCUT2D eigenvalue weighted by Gasteiger charge is 2.36. The second-order valence-electron chi connectivity index (χ2n) is 8.29. The van der Waals surface area contributed by atoms with Crippen molar-refractivity contribution in [2.24, 2.45) is 5.92 Å². The molecule has 0 aliphatic heterocycles. The predicted molar refractivity (Wildman–Crippen MR) is 122 cm³/mol. The molecule has 6 nitrogen and oxygen atoms in total. The summed E-state index contributed by atoms with van der Waals surface area (Å²) in [6.45, 7) is 5.81. The van der Waals surface area contributed by atoms with Gasteiger partial charge in [-0.15, -0.1) is 0 Å². The van der Waals surface area contributed by atoms with Gasteiger partial charge < -0.3 is 24.6 Å². The zero-order valence-electron chi connectivity index (χ0n) is 19.2. The minimum absolute atomic E-state index is 0.0571. The summed E-state index contributed by atoms with van der Waals surface area (Å²) in [5.74, 6) is 1.19. The number of phenolic OH excluding ortho intramolecular Hbond substituents is 2. The fourth-order valence-corrected chi connectivity index (χ4v) is 3.92. The Morgan fingerprint density at radius 3 is 2.29 bits per heavy atom. The number of hydrogen-bond donors (Lipinski definition) is 2. The molecule has 31 heavy (non-hydrogen) atoms. The number of benzene rings is 2. The Labute approximate surface area is 185 Å². The van der Waals surface area contributed by atoms with Gasteiger partial charge in [0.15, 0.2) is 23.0 Å². The predicted octanol–water partition coefficient (Wildman–Crippen LogP) is 4.49. The number of rotatable bonds is 11. The first kappa shape index (κ1) is 24.4. The molecular weight excluding hydrogens is 392 g/mol. The largest absolute Gasteiger partial charge is 0.504 e. The van der Waals surface area contributed by atoms with Crippen molar-refractivity contribution in [3.63, 3.8) is 0 Å². The van der Waals surface area contributed by atoms with Crippen molar-refractivity contribution in [3.05, 3.63) is 47.5 Å². The Morgan fingerprint density at radius 1 is 1.00 bits per heavy atom. The SMILES string of the molecule is COc1ccc(C(C#N)(CCCN(C)CCc2ccc(O)c(OC)c2)C(C)C)cc1O. The highest BCUT2D eigenvalue weighted by molar-refractivity contribution is 5.46. The molecular formula is C25H34N2O4. The fraction of sp³-hybridized carbons (Fsp3) is 0.480. The summed E-state index contributed by atoms with van der Waals surface area (Å²) in [5.41, 5.74) is 1.25. The van der Waals surface area contributed by atoms with Gasteiger partial charge in [0.25, 0.3) is 0 Å². The van der Waals surface area contributed by atoms with Crippen molar-refractivity contribution in [2.45, 2.75) is 38.5 Å². The molecule has 0 spiro atoms. The monoisotopic (exact) mass is 426 g/mol. The van der Waals surface area contributed by atoms with Crippen molar-refractivity contribution >= 4 is 0 Å². The van der Waals surface area contributed by atoms with E-state index in [4.69, 9.17) is 9.47 Å². The number of aromatic hydroxyl groups is 2. The molecule has 2 aromatic rings. The summed E-state index contributed by atoms with van der Waals surface area (Å²) in [6.07, 6.45) is 2.39. The zero-order valence-corrected chi connectivity index (χ0v) is 19.2. The highest BCUT2D eigenvalue weighted by Crippen LogP contribution is 2.40. The van der Waals surface area contributed by atoms with Crippen LogP contribution in [0, 0.1) is 17.2 Å². The van der Waals surface area contributed by atoms with Gasteiger partial charge in [-0.25, -0.2) is 0 Å². The van der Waals surface area contributed by atoms with Crippen LogP contribution in [0.3, 0.4) is 0 Å². The maximum atomic E-state index is 10.2. The summed E-state index contributed by atoms with van der Waals surface area (Å²) in [7, 11) is 5.13. The summed E-state index contributed by atoms with van der Waals surface area (Å²) in [6, 6.07) is 13.2. The number of methoxy groups -OCH3 is 2. The van der Waals surface area contributed by atoms with E-state index >= 15 is 0 Å². The van der Waals surface area contributed by atoms with Gasteiger partial charge in [0, 0.05) is 6.54 Å². The van der Waals surface area contributed by atoms with Gasteiger partial charge in [-0.1, -0.05) is 26.0 Å². The van der Waals surface area contributed by atoms with Crippen LogP contribution >= 0.6 is 0 Å². The van der Waals surface area contributed by atoms with Crippen molar-refractivity contribution in [1.82, 2.24) is 4.90 Å². The maximum Gasteiger partial charge on any atom is 0.160 e. The summed E-state index contributed by atoms with van der Waals surface area (Å²) in [5, 5.41) is 30.0. The lowest BCUT2D eigenvalue weighted by Gasteiger charge is -2.32. The van der Waals surface area contributed by atoms with Crippen molar-refractivity contribution in [1.29, 1.82) is 5.26 Å². The molecule has 0 bridgehead atoms. The van der Waals surface area contributed by atoms with Gasteiger partial charge in [0.1, 0.15) is 0 Å². The zero-order chi connectivity index (χ0) is 23.0. The Kier molecular flexibility index (Phi) is 8.58. The lowest BCUT2D eigenvalue weighted by atomic mass is 9.69. The number of ether oxygens (including phenoxy) is 2. The van der Waals surface area contributed by atoms with Crippen LogP contribution in [-0.2, 0) is 11.8 Å². The first-order valence-electron chi connectivity index (χ1n) is 10.6. The quantitative estimate of drug-likeness (QED) is 0.551. The molecule has 2 rings (SSSR count). The molecule has 6 heteroatoms. The summed E-state index contributed by atoms with van der Waals surface area (Å²) in [4.78, 5) is 2.24. The van der Waals surface area contributed by atoms with Crippen molar-refractivity contribution in [2.75, 3.05) is 34.4 Å². The molecule has 0 saturated heterocycles. The second-order valence-corrected chi connectivity index (χ2v) is 8.29. The summed E-state index contributed by atoms with van der Waals surface area (Å²) < 4.78 is 10.3. The lowest BCUT2D eigenvalue weighted by molar-refractivity contribution is 0.293. The van der Waals surface area contributed by atoms with Gasteiger partial charge in [0.05, 0.1) is 25.7 Å². The Balaban J connectivity index is 1.99. The molecule has 0 heterocycles. The molecule has 1 atom stereocenters. The van der Waals surface area contributed by atoms with Crippen LogP contribution < -0.4 is 9.47 Å². The smallest absolute Gasteiger partial charge is 0.160 e. The number of hydrogen-bond acceptors (Lipinski definition) is 6. The minimum Gasteiger partial charge on any atom is -0.504 e. The summed E-state index contributed by atoms with van der Waals surface area (Å²) >= 11 is 0. The van der Waals surface area contributed by atoms with Gasteiger partial charge >= 0.3 is 0 Å². The first-order chi connectivity index (χ1) is 14.8. The third-order valence-corrected chi connectivity index (χ3v) is 6.02. The topological polar surface area (TPSA) is 86.0 Å². The van der Waals surface area contributed by atoms with Crippen LogP contribution in [0.4, 0.5) is 0 Å². The Morgan fingerprint density at radius 2 is 1.71 bits per heavy atom. The van der Waals surface area contributed by atoms with Crippen molar-refractivity contribution in [3.8, 4) is 29.1 Å². The van der Waals surface area contributed by atoms with E-state index in [1.54, 1.807) is 25.3 Å². The van der Waals surface area contributed by atoms with Gasteiger partial charge in [-0.05, 0) is 74.2 Å². The minimum atomic E-state index is -0.672. The molecule has 0 saturated carbocycles. The van der Waals surface area contributed by atoms with E-state index < -0.39 is 5.41 Å². The number of likely N-dealkylation sites (N-methyl/N-ethyl adjacent to an activating group) is 1. The fourth-order valence-electron chi connectivity index (χ4n) is 3.92. The standard InChI is InChI=1S/C25H34N2O4/c1-18(2)25(17-26,20-8-10-23(30-4)22(29)16-20)12-6-13-27(3)14-11-19-7-9-21(28)24(15-19)31-5/h7-10,15-16,18,28-29H,6,11-14H2,1-5H3. The maximum absolute atomic E-state index is 10.2. The van der Waals surface area contributed by atoms with Crippen LogP contribution in [0.25, 0.3) is 0 Å². The molecule has 2 aromatic carbocycles. The van der Waals surface area contributed by atoms with Crippen LogP contribution in [0.5, 0.6) is 23.0 Å². The second kappa shape index (κ2) is 10.9. The Hall–Kier alpha value is -2.91. The number of nitrogens with zero attached hydrogens (tertiary/aromatic N) is 2. The van der Waals surface area contributed by atoms with Crippen molar-refractivity contribution < 1.29 is 19.7 Å². The van der Waals surface area contributed by atoms with Crippen LogP contribution in [0.15, 0.2) is 36.4 Å². The lowest BCUT2D eigenvalue weighted by Crippen LogP contribution is -2.32. The van der Waals surface area contributed by atoms with E-state index in [1.165, 1.54) is 7.11 Å². The number of phenols is 2. The van der Waals surface area contributed by atoms with E-state index in [1.807, 2.05) is 32.0 Å². The van der Waals surface area contributed by atoms with E-state index in [0.29, 0.717) is 17.9 Å². The molecule has 0 aromatic heterocycles. The van der Waals surface area contributed by atoms with Gasteiger partial charge in [-0.3, -0.25) is 0 Å². The molecule has 0 fully saturated rings. The molecule has 168 valence electrons.